The van der Waals surface area contributed by atoms with Gasteiger partial charge >= 0.3 is 5.97 Å². The zero-order valence-corrected chi connectivity index (χ0v) is 19.5. The number of benzene rings is 1. The number of fused-ring (bicyclic) bond motifs is 9. The standard InChI is InChI=1S/C22H20N2O5S3/c1-29-9-4-2-8(3-5-9)13-14-10-6-11(17(14)31-19-18(13)32-22(30)23-19)16-15(10)20(27)24(21(16)28)7-12(25)26/h2-5,10-11,13-17H,6-7H2,1H3,(H,23,30)(H,25,26)/t10-,11+,13+,14+,15+,16-,17-/m1/s1. The molecule has 1 aromatic heterocycles. The van der Waals surface area contributed by atoms with Crippen LogP contribution in [0.1, 0.15) is 22.8 Å². The number of hydrogen-bond acceptors (Lipinski definition) is 7. The number of carboxylic acids is 1. The maximum atomic E-state index is 13.2. The Labute approximate surface area is 197 Å². The zero-order valence-electron chi connectivity index (χ0n) is 17.0. The number of imide groups is 1. The van der Waals surface area contributed by atoms with Gasteiger partial charge in [0.25, 0.3) is 0 Å². The number of nitrogens with one attached hydrogen (secondary N) is 1. The minimum atomic E-state index is -1.16. The number of carbonyl (C=O) groups excluding carboxylic acids is 2. The van der Waals surface area contributed by atoms with E-state index in [1.165, 1.54) is 4.88 Å². The van der Waals surface area contributed by atoms with Crippen molar-refractivity contribution >= 4 is 53.1 Å². The number of aliphatic carboxylic acids is 1. The van der Waals surface area contributed by atoms with Crippen molar-refractivity contribution in [2.24, 2.45) is 29.6 Å². The van der Waals surface area contributed by atoms with Crippen LogP contribution in [0, 0.1) is 33.5 Å². The number of hydrogen-bond donors (Lipinski definition) is 2. The van der Waals surface area contributed by atoms with Crippen molar-refractivity contribution in [3.8, 4) is 5.75 Å². The van der Waals surface area contributed by atoms with E-state index in [2.05, 4.69) is 17.1 Å². The van der Waals surface area contributed by atoms with E-state index in [9.17, 15) is 19.5 Å². The summed E-state index contributed by atoms with van der Waals surface area (Å²) >= 11 is 8.79. The van der Waals surface area contributed by atoms with E-state index in [0.29, 0.717) is 0 Å². The third-order valence-electron chi connectivity index (χ3n) is 7.58. The van der Waals surface area contributed by atoms with Gasteiger partial charge in [-0.3, -0.25) is 19.3 Å². The largest absolute Gasteiger partial charge is 0.497 e. The lowest BCUT2D eigenvalue weighted by atomic mass is 9.68. The fourth-order valence-corrected chi connectivity index (χ4v) is 9.89. The number of carboxylic acid groups (broad SMARTS) is 1. The molecule has 2 aliphatic carbocycles. The van der Waals surface area contributed by atoms with Crippen molar-refractivity contribution in [2.45, 2.75) is 22.6 Å². The summed E-state index contributed by atoms with van der Waals surface area (Å²) in [4.78, 5) is 43.0. The fraction of sp³-hybridized carbons (Fsp3) is 0.455. The molecule has 0 unspecified atom stereocenters. The monoisotopic (exact) mass is 488 g/mol. The van der Waals surface area contributed by atoms with Gasteiger partial charge in [0.15, 0.2) is 3.95 Å². The molecule has 32 heavy (non-hydrogen) atoms. The maximum absolute atomic E-state index is 13.2. The van der Waals surface area contributed by atoms with Gasteiger partial charge in [0.1, 0.15) is 12.3 Å². The molecule has 0 radical (unpaired) electrons. The Morgan fingerprint density at radius 3 is 2.56 bits per heavy atom. The number of ether oxygens (including phenoxy) is 1. The number of aromatic nitrogens is 1. The number of thioether (sulfide) groups is 1. The minimum Gasteiger partial charge on any atom is -0.497 e. The molecule has 2 aromatic rings. The molecule has 2 N–H and O–H groups in total. The molecule has 10 heteroatoms. The van der Waals surface area contributed by atoms with E-state index in [-0.39, 0.29) is 40.7 Å². The minimum absolute atomic E-state index is 0.0497. The number of nitrogens with zero attached hydrogens (tertiary/aromatic N) is 1. The number of thiazole rings is 1. The summed E-state index contributed by atoms with van der Waals surface area (Å²) in [5, 5.41) is 10.4. The van der Waals surface area contributed by atoms with Gasteiger partial charge in [-0.1, -0.05) is 12.1 Å². The van der Waals surface area contributed by atoms with Crippen molar-refractivity contribution in [2.75, 3.05) is 13.7 Å². The second kappa shape index (κ2) is 7.16. The fourth-order valence-electron chi connectivity index (χ4n) is 6.55. The number of aromatic amines is 1. The van der Waals surface area contributed by atoms with Gasteiger partial charge in [-0.25, -0.2) is 0 Å². The van der Waals surface area contributed by atoms with E-state index in [0.717, 1.165) is 31.6 Å². The molecule has 3 fully saturated rings. The van der Waals surface area contributed by atoms with Gasteiger partial charge in [0, 0.05) is 16.0 Å². The SMILES string of the molecule is COc1ccc([C@@H]2c3sc(=S)[nH]c3S[C@@H]3[C@H]4C[C@@H]([C@@H]5C(=O)N(CC(=O)O)C(=O)[C@H]45)[C@@H]23)cc1. The van der Waals surface area contributed by atoms with Crippen LogP contribution in [0.15, 0.2) is 29.3 Å². The maximum Gasteiger partial charge on any atom is 0.323 e. The van der Waals surface area contributed by atoms with Crippen molar-refractivity contribution in [1.29, 1.82) is 0 Å². The van der Waals surface area contributed by atoms with Crippen LogP contribution in [0.4, 0.5) is 0 Å². The molecule has 6 rings (SSSR count). The summed E-state index contributed by atoms with van der Waals surface area (Å²) in [6.07, 6.45) is 0.832. The Kier molecular flexibility index (Phi) is 4.58. The second-order valence-electron chi connectivity index (χ2n) is 8.89. The smallest absolute Gasteiger partial charge is 0.323 e. The summed E-state index contributed by atoms with van der Waals surface area (Å²) in [5.41, 5.74) is 1.15. The van der Waals surface area contributed by atoms with Crippen LogP contribution in [0.2, 0.25) is 0 Å². The molecule has 1 saturated heterocycles. The lowest BCUT2D eigenvalue weighted by Crippen LogP contribution is -2.42. The van der Waals surface area contributed by atoms with E-state index >= 15 is 0 Å². The van der Waals surface area contributed by atoms with Gasteiger partial charge in [-0.2, -0.15) is 0 Å². The number of amides is 2. The van der Waals surface area contributed by atoms with Crippen LogP contribution in [-0.4, -0.2) is 51.7 Å². The molecule has 7 atom stereocenters. The van der Waals surface area contributed by atoms with Gasteiger partial charge in [-0.05, 0) is 54.1 Å². The highest BCUT2D eigenvalue weighted by atomic mass is 32.2. The molecule has 166 valence electrons. The summed E-state index contributed by atoms with van der Waals surface area (Å²) in [5.74, 6) is -1.42. The van der Waals surface area contributed by atoms with Crippen LogP contribution in [0.5, 0.6) is 5.75 Å². The first-order valence-corrected chi connectivity index (χ1v) is 12.6. The van der Waals surface area contributed by atoms with Gasteiger partial charge < -0.3 is 14.8 Å². The normalized spacial score (nSPS) is 34.4. The van der Waals surface area contributed by atoms with E-state index in [1.807, 2.05) is 12.1 Å². The second-order valence-corrected chi connectivity index (χ2v) is 11.8. The van der Waals surface area contributed by atoms with Crippen molar-refractivity contribution in [1.82, 2.24) is 9.88 Å². The quantitative estimate of drug-likeness (QED) is 0.503. The van der Waals surface area contributed by atoms with Crippen LogP contribution < -0.4 is 4.74 Å². The Hall–Kier alpha value is -2.17. The van der Waals surface area contributed by atoms with Crippen molar-refractivity contribution in [3.05, 3.63) is 38.7 Å². The molecule has 7 nitrogen and oxygen atoms in total. The number of rotatable bonds is 4. The third kappa shape index (κ3) is 2.72. The Morgan fingerprint density at radius 2 is 1.91 bits per heavy atom. The number of H-pyrrole nitrogens is 1. The first-order valence-electron chi connectivity index (χ1n) is 10.5. The van der Waals surface area contributed by atoms with Crippen LogP contribution in [0.3, 0.4) is 0 Å². The highest BCUT2D eigenvalue weighted by molar-refractivity contribution is 8.00. The molecule has 2 saturated carbocycles. The predicted octanol–water partition coefficient (Wildman–Crippen LogP) is 3.37. The lowest BCUT2D eigenvalue weighted by Gasteiger charge is -2.43. The van der Waals surface area contributed by atoms with E-state index in [4.69, 9.17) is 17.0 Å². The predicted molar refractivity (Wildman–Crippen MR) is 120 cm³/mol. The lowest BCUT2D eigenvalue weighted by molar-refractivity contribution is -0.149. The Balaban J connectivity index is 1.44. The van der Waals surface area contributed by atoms with Crippen LogP contribution in [0.25, 0.3) is 0 Å². The first kappa shape index (κ1) is 20.4. The number of carbonyl (C=O) groups is 3. The molecule has 2 bridgehead atoms. The molecular weight excluding hydrogens is 468 g/mol. The van der Waals surface area contributed by atoms with Crippen molar-refractivity contribution in [3.63, 3.8) is 0 Å². The molecule has 2 aliphatic heterocycles. The molecule has 0 spiro atoms. The average Bonchev–Trinajstić information content (AvgIpc) is 3.49. The summed E-state index contributed by atoms with van der Waals surface area (Å²) in [6.45, 7) is -0.547. The average molecular weight is 489 g/mol. The molecule has 4 aliphatic rings. The van der Waals surface area contributed by atoms with E-state index < -0.39 is 24.3 Å². The first-order chi connectivity index (χ1) is 15.4. The highest BCUT2D eigenvalue weighted by Gasteiger charge is 2.69. The zero-order chi connectivity index (χ0) is 22.3. The topological polar surface area (TPSA) is 99.7 Å². The van der Waals surface area contributed by atoms with E-state index in [1.54, 1.807) is 30.2 Å². The molecular formula is C22H20N2O5S3. The summed E-state index contributed by atoms with van der Waals surface area (Å²) in [7, 11) is 1.64. The highest BCUT2D eigenvalue weighted by Crippen LogP contribution is 2.68. The number of methoxy groups -OCH3 is 1. The molecule has 1 aromatic carbocycles. The number of likely N-dealkylation sites (tertiary alicyclic amines) is 1. The van der Waals surface area contributed by atoms with Crippen molar-refractivity contribution < 1.29 is 24.2 Å². The Morgan fingerprint density at radius 1 is 1.22 bits per heavy atom. The Bertz CT molecular complexity index is 1200. The molecule has 2 amide bonds. The van der Waals surface area contributed by atoms with Gasteiger partial charge in [0.05, 0.1) is 24.0 Å². The van der Waals surface area contributed by atoms with Gasteiger partial charge in [-0.15, -0.1) is 23.1 Å². The summed E-state index contributed by atoms with van der Waals surface area (Å²) in [6, 6.07) is 8.05. The van der Waals surface area contributed by atoms with Gasteiger partial charge in [0.2, 0.25) is 11.8 Å². The molecule has 3 heterocycles. The van der Waals surface area contributed by atoms with Crippen LogP contribution >= 0.6 is 35.3 Å². The van der Waals surface area contributed by atoms with Crippen LogP contribution in [-0.2, 0) is 14.4 Å². The summed E-state index contributed by atoms with van der Waals surface area (Å²) < 4.78 is 6.06. The third-order valence-corrected chi connectivity index (χ3v) is 10.5.